The van der Waals surface area contributed by atoms with Crippen molar-refractivity contribution in [1.82, 2.24) is 5.32 Å². The van der Waals surface area contributed by atoms with Crippen LogP contribution in [0.1, 0.15) is 47.0 Å². The van der Waals surface area contributed by atoms with Crippen LogP contribution in [0.25, 0.3) is 0 Å². The Morgan fingerprint density at radius 3 is 2.19 bits per heavy atom. The Morgan fingerprint density at radius 2 is 1.69 bits per heavy atom. The van der Waals surface area contributed by atoms with Gasteiger partial charge in [-0.3, -0.25) is 0 Å². The molecule has 98 valence electrons. The van der Waals surface area contributed by atoms with E-state index in [1.54, 1.807) is 7.11 Å². The van der Waals surface area contributed by atoms with E-state index >= 15 is 0 Å². The molecule has 0 spiro atoms. The van der Waals surface area contributed by atoms with Gasteiger partial charge >= 0.3 is 0 Å². The molecule has 0 radical (unpaired) electrons. The standard InChI is InChI=1S/C14H31NO/c1-12(2)10-15-11-14(13(3)4)8-6-7-9-16-5/h12-15H,6-11H2,1-5H3. The lowest BCUT2D eigenvalue weighted by Gasteiger charge is -2.22. The highest BCUT2D eigenvalue weighted by Crippen LogP contribution is 2.17. The zero-order chi connectivity index (χ0) is 12.4. The Balaban J connectivity index is 3.63. The number of unbranched alkanes of at least 4 members (excludes halogenated alkanes) is 1. The fraction of sp³-hybridized carbons (Fsp3) is 1.00. The molecule has 0 rings (SSSR count). The lowest BCUT2D eigenvalue weighted by atomic mass is 9.90. The molecule has 0 aliphatic heterocycles. The van der Waals surface area contributed by atoms with Gasteiger partial charge < -0.3 is 10.1 Å². The van der Waals surface area contributed by atoms with Crippen molar-refractivity contribution in [2.75, 3.05) is 26.8 Å². The Labute approximate surface area is 102 Å². The number of nitrogens with one attached hydrogen (secondary N) is 1. The molecule has 1 unspecified atom stereocenters. The molecule has 1 N–H and O–H groups in total. The van der Waals surface area contributed by atoms with E-state index in [9.17, 15) is 0 Å². The summed E-state index contributed by atoms with van der Waals surface area (Å²) in [4.78, 5) is 0. The second-order valence-electron chi connectivity index (χ2n) is 5.54. The van der Waals surface area contributed by atoms with Crippen molar-refractivity contribution >= 4 is 0 Å². The highest BCUT2D eigenvalue weighted by molar-refractivity contribution is 4.67. The third kappa shape index (κ3) is 9.17. The molecule has 1 atom stereocenters. The Bertz CT molecular complexity index is 146. The molecular formula is C14H31NO. The maximum atomic E-state index is 5.08. The average Bonchev–Trinajstić information content (AvgIpc) is 2.20. The molecule has 0 aromatic heterocycles. The van der Waals surface area contributed by atoms with Crippen LogP contribution in [0.2, 0.25) is 0 Å². The van der Waals surface area contributed by atoms with Gasteiger partial charge in [0, 0.05) is 13.7 Å². The van der Waals surface area contributed by atoms with E-state index in [1.807, 2.05) is 0 Å². The van der Waals surface area contributed by atoms with Crippen LogP contribution in [-0.4, -0.2) is 26.8 Å². The maximum Gasteiger partial charge on any atom is 0.0462 e. The fourth-order valence-electron chi connectivity index (χ4n) is 1.88. The van der Waals surface area contributed by atoms with E-state index in [2.05, 4.69) is 33.0 Å². The zero-order valence-electron chi connectivity index (χ0n) is 11.9. The first kappa shape index (κ1) is 15.9. The fourth-order valence-corrected chi connectivity index (χ4v) is 1.88. The van der Waals surface area contributed by atoms with Gasteiger partial charge in [0.25, 0.3) is 0 Å². The van der Waals surface area contributed by atoms with Crippen LogP contribution in [0.3, 0.4) is 0 Å². The van der Waals surface area contributed by atoms with Crippen molar-refractivity contribution in [2.24, 2.45) is 17.8 Å². The number of ether oxygens (including phenoxy) is 1. The summed E-state index contributed by atoms with van der Waals surface area (Å²) in [5, 5.41) is 3.58. The summed E-state index contributed by atoms with van der Waals surface area (Å²) >= 11 is 0. The molecule has 2 heteroatoms. The van der Waals surface area contributed by atoms with Crippen molar-refractivity contribution in [2.45, 2.75) is 47.0 Å². The molecule has 2 nitrogen and oxygen atoms in total. The second-order valence-corrected chi connectivity index (χ2v) is 5.54. The molecule has 0 heterocycles. The molecule has 16 heavy (non-hydrogen) atoms. The molecule has 0 saturated carbocycles. The molecule has 0 aromatic carbocycles. The van der Waals surface area contributed by atoms with Crippen LogP contribution in [0.15, 0.2) is 0 Å². The number of hydrogen-bond donors (Lipinski definition) is 1. The van der Waals surface area contributed by atoms with Gasteiger partial charge in [-0.15, -0.1) is 0 Å². The zero-order valence-corrected chi connectivity index (χ0v) is 11.9. The normalized spacial score (nSPS) is 13.7. The monoisotopic (exact) mass is 229 g/mol. The topological polar surface area (TPSA) is 21.3 Å². The van der Waals surface area contributed by atoms with E-state index in [-0.39, 0.29) is 0 Å². The van der Waals surface area contributed by atoms with Crippen LogP contribution in [0, 0.1) is 17.8 Å². The molecular weight excluding hydrogens is 198 g/mol. The van der Waals surface area contributed by atoms with Crippen LogP contribution in [-0.2, 0) is 4.74 Å². The van der Waals surface area contributed by atoms with Crippen LogP contribution < -0.4 is 5.32 Å². The Hall–Kier alpha value is -0.0800. The van der Waals surface area contributed by atoms with E-state index in [0.29, 0.717) is 0 Å². The predicted octanol–water partition coefficient (Wildman–Crippen LogP) is 3.32. The van der Waals surface area contributed by atoms with Gasteiger partial charge in [-0.1, -0.05) is 34.1 Å². The SMILES string of the molecule is COCCCCC(CNCC(C)C)C(C)C. The van der Waals surface area contributed by atoms with Crippen LogP contribution in [0.5, 0.6) is 0 Å². The lowest BCUT2D eigenvalue weighted by molar-refractivity contribution is 0.188. The summed E-state index contributed by atoms with van der Waals surface area (Å²) in [7, 11) is 1.78. The summed E-state index contributed by atoms with van der Waals surface area (Å²) in [6, 6.07) is 0. The quantitative estimate of drug-likeness (QED) is 0.580. The Kier molecular flexibility index (Phi) is 10.0. The van der Waals surface area contributed by atoms with Crippen molar-refractivity contribution in [3.63, 3.8) is 0 Å². The van der Waals surface area contributed by atoms with Crippen molar-refractivity contribution in [1.29, 1.82) is 0 Å². The van der Waals surface area contributed by atoms with Crippen molar-refractivity contribution in [3.05, 3.63) is 0 Å². The van der Waals surface area contributed by atoms with E-state index in [4.69, 9.17) is 4.74 Å². The summed E-state index contributed by atoms with van der Waals surface area (Å²) in [6.07, 6.45) is 3.82. The van der Waals surface area contributed by atoms with Crippen LogP contribution in [0.4, 0.5) is 0 Å². The van der Waals surface area contributed by atoms with E-state index in [0.717, 1.165) is 30.9 Å². The largest absolute Gasteiger partial charge is 0.385 e. The minimum absolute atomic E-state index is 0.751. The first-order valence-electron chi connectivity index (χ1n) is 6.77. The van der Waals surface area contributed by atoms with Gasteiger partial charge in [0.2, 0.25) is 0 Å². The van der Waals surface area contributed by atoms with Gasteiger partial charge in [-0.2, -0.15) is 0 Å². The first-order chi connectivity index (χ1) is 7.57. The molecule has 0 amide bonds. The smallest absolute Gasteiger partial charge is 0.0462 e. The van der Waals surface area contributed by atoms with E-state index in [1.165, 1.54) is 25.8 Å². The third-order valence-corrected chi connectivity index (χ3v) is 3.08. The number of rotatable bonds is 10. The average molecular weight is 229 g/mol. The van der Waals surface area contributed by atoms with Gasteiger partial charge in [-0.05, 0) is 43.7 Å². The maximum absolute atomic E-state index is 5.08. The van der Waals surface area contributed by atoms with Crippen molar-refractivity contribution < 1.29 is 4.74 Å². The van der Waals surface area contributed by atoms with Gasteiger partial charge in [0.05, 0.1) is 0 Å². The summed E-state index contributed by atoms with van der Waals surface area (Å²) in [5.74, 6) is 2.35. The Morgan fingerprint density at radius 1 is 1.00 bits per heavy atom. The third-order valence-electron chi connectivity index (χ3n) is 3.08. The minimum Gasteiger partial charge on any atom is -0.385 e. The van der Waals surface area contributed by atoms with Crippen molar-refractivity contribution in [3.8, 4) is 0 Å². The van der Waals surface area contributed by atoms with Gasteiger partial charge in [0.15, 0.2) is 0 Å². The molecule has 0 aliphatic carbocycles. The predicted molar refractivity (Wildman–Crippen MR) is 71.8 cm³/mol. The second kappa shape index (κ2) is 10.1. The number of methoxy groups -OCH3 is 1. The summed E-state index contributed by atoms with van der Waals surface area (Å²) in [6.45, 7) is 12.4. The highest BCUT2D eigenvalue weighted by atomic mass is 16.5. The molecule has 0 saturated heterocycles. The molecule has 0 aliphatic rings. The molecule has 0 fully saturated rings. The van der Waals surface area contributed by atoms with Crippen LogP contribution >= 0.6 is 0 Å². The van der Waals surface area contributed by atoms with Gasteiger partial charge in [-0.25, -0.2) is 0 Å². The molecule has 0 bridgehead atoms. The summed E-state index contributed by atoms with van der Waals surface area (Å²) < 4.78 is 5.08. The first-order valence-corrected chi connectivity index (χ1v) is 6.77. The van der Waals surface area contributed by atoms with E-state index < -0.39 is 0 Å². The highest BCUT2D eigenvalue weighted by Gasteiger charge is 2.12. The summed E-state index contributed by atoms with van der Waals surface area (Å²) in [5.41, 5.74) is 0. The lowest BCUT2D eigenvalue weighted by Crippen LogP contribution is -2.29. The van der Waals surface area contributed by atoms with Gasteiger partial charge in [0.1, 0.15) is 0 Å². The minimum atomic E-state index is 0.751. The number of hydrogen-bond acceptors (Lipinski definition) is 2. The molecule has 0 aromatic rings.